The summed E-state index contributed by atoms with van der Waals surface area (Å²) in [4.78, 5) is 15.5. The third-order valence-electron chi connectivity index (χ3n) is 1.79. The highest BCUT2D eigenvalue weighted by atomic mass is 127. The van der Waals surface area contributed by atoms with E-state index >= 15 is 0 Å². The van der Waals surface area contributed by atoms with Crippen molar-refractivity contribution in [2.75, 3.05) is 6.54 Å². The molecule has 1 N–H and O–H groups in total. The standard InChI is InChI=1S/C8H9IN2O.C2H6/c1-5-9-7-2-3-10-8(12)6(7)4-11-5;1-2/h4H,2-3H2,1H3,(H,10,12);1-2H3. The zero-order chi connectivity index (χ0) is 10.6. The van der Waals surface area contributed by atoms with Gasteiger partial charge in [-0.05, 0) is 13.3 Å². The van der Waals surface area contributed by atoms with Crippen LogP contribution in [0.15, 0.2) is 16.8 Å². The summed E-state index contributed by atoms with van der Waals surface area (Å²) in [6, 6.07) is 0. The first-order valence-corrected chi connectivity index (χ1v) is 6.97. The van der Waals surface area contributed by atoms with Crippen molar-refractivity contribution in [2.24, 2.45) is 4.99 Å². The average Bonchev–Trinajstić information content (AvgIpc) is 2.21. The van der Waals surface area contributed by atoms with Crippen molar-refractivity contribution in [3.63, 3.8) is 0 Å². The fourth-order valence-corrected chi connectivity index (χ4v) is 3.64. The summed E-state index contributed by atoms with van der Waals surface area (Å²) in [6.07, 6.45) is 2.74. The second kappa shape index (κ2) is 5.38. The first-order chi connectivity index (χ1) is 6.77. The van der Waals surface area contributed by atoms with E-state index in [2.05, 4.69) is 10.3 Å². The largest absolute Gasteiger partial charge is 0.352 e. The van der Waals surface area contributed by atoms with Crippen LogP contribution in [0.5, 0.6) is 0 Å². The maximum atomic E-state index is 11.3. The van der Waals surface area contributed by atoms with E-state index in [1.807, 2.05) is 20.8 Å². The minimum Gasteiger partial charge on any atom is -0.352 e. The zero-order valence-corrected chi connectivity index (χ0v) is 10.9. The second-order valence-corrected chi connectivity index (χ2v) is 6.08. The molecule has 2 heterocycles. The molecule has 2 aliphatic rings. The molecule has 3 nitrogen and oxygen atoms in total. The summed E-state index contributed by atoms with van der Waals surface area (Å²) >= 11 is -0.0990. The van der Waals surface area contributed by atoms with Gasteiger partial charge in [0.2, 0.25) is 0 Å². The van der Waals surface area contributed by atoms with Crippen LogP contribution >= 0.6 is 20.7 Å². The van der Waals surface area contributed by atoms with Crippen LogP contribution < -0.4 is 5.32 Å². The topological polar surface area (TPSA) is 41.5 Å². The third-order valence-corrected chi connectivity index (χ3v) is 4.62. The van der Waals surface area contributed by atoms with Crippen LogP contribution in [0.2, 0.25) is 0 Å². The first kappa shape index (κ1) is 11.6. The van der Waals surface area contributed by atoms with Gasteiger partial charge in [0.05, 0.1) is 9.29 Å². The molecule has 1 fully saturated rings. The predicted octanol–water partition coefficient (Wildman–Crippen LogP) is 1.99. The van der Waals surface area contributed by atoms with Gasteiger partial charge < -0.3 is 5.32 Å². The van der Waals surface area contributed by atoms with E-state index in [4.69, 9.17) is 0 Å². The molecule has 0 bridgehead atoms. The number of carbonyl (C=O) groups excluding carboxylic acids is 1. The Kier molecular flexibility index (Phi) is 4.44. The quantitative estimate of drug-likeness (QED) is 0.683. The van der Waals surface area contributed by atoms with Crippen molar-refractivity contribution in [1.29, 1.82) is 0 Å². The highest BCUT2D eigenvalue weighted by Crippen LogP contribution is 2.21. The Morgan fingerprint density at radius 1 is 1.50 bits per heavy atom. The van der Waals surface area contributed by atoms with Crippen molar-refractivity contribution >= 4 is 33.9 Å². The number of hydrogen-bond acceptors (Lipinski definition) is 2. The van der Waals surface area contributed by atoms with Crippen molar-refractivity contribution in [3.05, 3.63) is 11.8 Å². The van der Waals surface area contributed by atoms with E-state index in [-0.39, 0.29) is 26.6 Å². The fourth-order valence-electron chi connectivity index (χ4n) is 1.21. The summed E-state index contributed by atoms with van der Waals surface area (Å²) in [7, 11) is 0. The van der Waals surface area contributed by atoms with Crippen LogP contribution in [0.4, 0.5) is 0 Å². The van der Waals surface area contributed by atoms with Gasteiger partial charge in [-0.2, -0.15) is 0 Å². The Bertz CT molecular complexity index is 329. The highest BCUT2D eigenvalue weighted by Gasteiger charge is 2.21. The van der Waals surface area contributed by atoms with Crippen LogP contribution in [0.25, 0.3) is 0 Å². The Morgan fingerprint density at radius 2 is 2.21 bits per heavy atom. The number of hydrogen-bond donors (Lipinski definition) is 1. The van der Waals surface area contributed by atoms with E-state index in [0.717, 1.165) is 18.5 Å². The number of nitrogens with zero attached hydrogens (tertiary/aromatic N) is 1. The minimum absolute atomic E-state index is 0.0622. The third kappa shape index (κ3) is 2.50. The molecule has 0 spiro atoms. The molecule has 14 heavy (non-hydrogen) atoms. The molecule has 0 aromatic heterocycles. The highest BCUT2D eigenvalue weighted by molar-refractivity contribution is 14.2. The normalized spacial score (nSPS) is 19.6. The Morgan fingerprint density at radius 3 is 2.93 bits per heavy atom. The number of rotatable bonds is 0. The van der Waals surface area contributed by atoms with Gasteiger partial charge in [-0.25, -0.2) is 0 Å². The SMILES string of the molecule is CC.CC1=NC=C2C(=O)NCCC2=I1. The first-order valence-electron chi connectivity index (χ1n) is 4.81. The number of amides is 1. The lowest BCUT2D eigenvalue weighted by Gasteiger charge is -2.19. The maximum absolute atomic E-state index is 11.3. The lowest BCUT2D eigenvalue weighted by molar-refractivity contribution is -0.117. The molecule has 0 radical (unpaired) electrons. The van der Waals surface area contributed by atoms with Gasteiger partial charge in [-0.15, -0.1) is 0 Å². The average molecular weight is 306 g/mol. The van der Waals surface area contributed by atoms with Crippen LogP contribution in [0, 0.1) is 0 Å². The minimum atomic E-state index is -0.0990. The molecular formula is C10H15IN2O. The Balaban J connectivity index is 0.000000461. The molecule has 0 unspecified atom stereocenters. The van der Waals surface area contributed by atoms with E-state index in [9.17, 15) is 4.79 Å². The Labute approximate surface area is 94.4 Å². The molecule has 0 aromatic carbocycles. The summed E-state index contributed by atoms with van der Waals surface area (Å²) in [6.45, 7) is 6.85. The molecule has 0 saturated carbocycles. The van der Waals surface area contributed by atoms with Gasteiger partial charge in [-0.3, -0.25) is 9.79 Å². The monoisotopic (exact) mass is 306 g/mol. The lowest BCUT2D eigenvalue weighted by Crippen LogP contribution is -2.36. The zero-order valence-electron chi connectivity index (χ0n) is 8.72. The number of aliphatic imine (C=N–C) groups is 1. The summed E-state index contributed by atoms with van der Waals surface area (Å²) in [5, 5.41) is 2.82. The second-order valence-electron chi connectivity index (χ2n) is 2.67. The molecule has 2 rings (SSSR count). The van der Waals surface area contributed by atoms with Gasteiger partial charge in [0.25, 0.3) is 5.91 Å². The maximum Gasteiger partial charge on any atom is 0.253 e. The number of piperidine rings is 1. The molecule has 2 aliphatic heterocycles. The van der Waals surface area contributed by atoms with E-state index in [0.29, 0.717) is 0 Å². The van der Waals surface area contributed by atoms with E-state index in [1.54, 1.807) is 6.20 Å². The van der Waals surface area contributed by atoms with E-state index < -0.39 is 0 Å². The van der Waals surface area contributed by atoms with Gasteiger partial charge in [0.1, 0.15) is 0 Å². The van der Waals surface area contributed by atoms with Crippen LogP contribution in [0.3, 0.4) is 0 Å². The van der Waals surface area contributed by atoms with Crippen molar-refractivity contribution < 1.29 is 4.79 Å². The predicted molar refractivity (Wildman–Crippen MR) is 69.2 cm³/mol. The summed E-state index contributed by atoms with van der Waals surface area (Å²) < 4.78 is 2.56. The smallest absolute Gasteiger partial charge is 0.253 e. The summed E-state index contributed by atoms with van der Waals surface area (Å²) in [5.41, 5.74) is 0.833. The molecule has 1 amide bonds. The fraction of sp³-hybridized carbons (Fsp3) is 0.500. The molecule has 0 atom stereocenters. The Hall–Kier alpha value is -0.520. The number of nitrogens with one attached hydrogen (secondary N) is 1. The number of carbonyl (C=O) groups is 1. The lowest BCUT2D eigenvalue weighted by atomic mass is 10.1. The van der Waals surface area contributed by atoms with Crippen LogP contribution in [-0.2, 0) is 4.79 Å². The molecule has 1 saturated heterocycles. The molecule has 0 aromatic rings. The van der Waals surface area contributed by atoms with E-state index in [1.165, 1.54) is 7.23 Å². The van der Waals surface area contributed by atoms with Gasteiger partial charge in [-0.1, -0.05) is 34.6 Å². The molecule has 78 valence electrons. The van der Waals surface area contributed by atoms with Gasteiger partial charge >= 0.3 is 0 Å². The van der Waals surface area contributed by atoms with Crippen molar-refractivity contribution in [1.82, 2.24) is 5.32 Å². The van der Waals surface area contributed by atoms with Crippen molar-refractivity contribution in [2.45, 2.75) is 27.2 Å². The number of halogens is 1. The van der Waals surface area contributed by atoms with Crippen molar-refractivity contribution in [3.8, 4) is 0 Å². The molecular weight excluding hydrogens is 291 g/mol. The number of fused-ring (bicyclic) bond motifs is 1. The van der Waals surface area contributed by atoms with Gasteiger partial charge in [0, 0.05) is 16.3 Å². The molecule has 0 aliphatic carbocycles. The van der Waals surface area contributed by atoms with Crippen LogP contribution in [-0.4, -0.2) is 19.7 Å². The van der Waals surface area contributed by atoms with Crippen LogP contribution in [0.1, 0.15) is 27.2 Å². The van der Waals surface area contributed by atoms with Gasteiger partial charge in [0.15, 0.2) is 0 Å². The summed E-state index contributed by atoms with van der Waals surface area (Å²) in [5.74, 6) is 0.0622. The molecule has 4 heteroatoms.